The standard InChI is InChI=1S/C13H13FN4O3/c1-3-15-11-7-12(17-8(2)16-11)21-13-9(14)5-4-6-10(13)18(19)20/h4-7H,3H2,1-2H3,(H,15,16,17). The van der Waals surface area contributed by atoms with Crippen LogP contribution >= 0.6 is 0 Å². The third kappa shape index (κ3) is 3.41. The van der Waals surface area contributed by atoms with Gasteiger partial charge in [-0.05, 0) is 19.9 Å². The maximum atomic E-state index is 13.8. The average Bonchev–Trinajstić information content (AvgIpc) is 2.40. The lowest BCUT2D eigenvalue weighted by Gasteiger charge is -2.09. The molecule has 0 amide bonds. The van der Waals surface area contributed by atoms with E-state index in [9.17, 15) is 14.5 Å². The predicted molar refractivity (Wildman–Crippen MR) is 74.1 cm³/mol. The average molecular weight is 292 g/mol. The first-order valence-electron chi connectivity index (χ1n) is 6.21. The molecule has 2 aromatic rings. The monoisotopic (exact) mass is 292 g/mol. The van der Waals surface area contributed by atoms with Crippen LogP contribution in [0.25, 0.3) is 0 Å². The highest BCUT2D eigenvalue weighted by Gasteiger charge is 2.21. The van der Waals surface area contributed by atoms with Gasteiger partial charge in [-0.1, -0.05) is 6.07 Å². The van der Waals surface area contributed by atoms with Gasteiger partial charge in [0.25, 0.3) is 0 Å². The molecule has 1 heterocycles. The van der Waals surface area contributed by atoms with Crippen LogP contribution in [0.5, 0.6) is 11.6 Å². The fourth-order valence-electron chi connectivity index (χ4n) is 1.71. The zero-order chi connectivity index (χ0) is 15.4. The van der Waals surface area contributed by atoms with E-state index in [1.807, 2.05) is 6.92 Å². The summed E-state index contributed by atoms with van der Waals surface area (Å²) in [5, 5.41) is 13.9. The van der Waals surface area contributed by atoms with E-state index in [0.29, 0.717) is 18.2 Å². The number of hydrogen-bond acceptors (Lipinski definition) is 6. The van der Waals surface area contributed by atoms with E-state index in [0.717, 1.165) is 12.1 Å². The molecule has 8 heteroatoms. The van der Waals surface area contributed by atoms with Gasteiger partial charge in [-0.15, -0.1) is 0 Å². The Morgan fingerprint density at radius 3 is 2.86 bits per heavy atom. The summed E-state index contributed by atoms with van der Waals surface area (Å²) in [5.41, 5.74) is -0.462. The molecular formula is C13H13FN4O3. The molecule has 0 fully saturated rings. The summed E-state index contributed by atoms with van der Waals surface area (Å²) >= 11 is 0. The molecule has 0 aliphatic rings. The lowest BCUT2D eigenvalue weighted by atomic mass is 10.3. The highest BCUT2D eigenvalue weighted by atomic mass is 19.1. The first-order valence-corrected chi connectivity index (χ1v) is 6.21. The highest BCUT2D eigenvalue weighted by molar-refractivity contribution is 5.49. The van der Waals surface area contributed by atoms with Crippen LogP contribution in [0.4, 0.5) is 15.9 Å². The highest BCUT2D eigenvalue weighted by Crippen LogP contribution is 2.33. The van der Waals surface area contributed by atoms with E-state index in [1.165, 1.54) is 12.1 Å². The molecule has 0 bridgehead atoms. The van der Waals surface area contributed by atoms with E-state index in [2.05, 4.69) is 15.3 Å². The van der Waals surface area contributed by atoms with E-state index >= 15 is 0 Å². The van der Waals surface area contributed by atoms with Crippen molar-refractivity contribution in [3.63, 3.8) is 0 Å². The van der Waals surface area contributed by atoms with Crippen molar-refractivity contribution in [3.05, 3.63) is 46.0 Å². The van der Waals surface area contributed by atoms with Gasteiger partial charge in [-0.2, -0.15) is 4.98 Å². The first kappa shape index (κ1) is 14.6. The normalized spacial score (nSPS) is 10.2. The number of halogens is 1. The van der Waals surface area contributed by atoms with E-state index < -0.39 is 22.2 Å². The van der Waals surface area contributed by atoms with Crippen molar-refractivity contribution in [2.45, 2.75) is 13.8 Å². The van der Waals surface area contributed by atoms with Crippen molar-refractivity contribution in [3.8, 4) is 11.6 Å². The molecule has 0 atom stereocenters. The van der Waals surface area contributed by atoms with Gasteiger partial charge in [0.15, 0.2) is 5.82 Å². The molecule has 1 aromatic carbocycles. The Bertz CT molecular complexity index is 678. The number of aryl methyl sites for hydroxylation is 1. The van der Waals surface area contributed by atoms with Crippen molar-refractivity contribution >= 4 is 11.5 Å². The summed E-state index contributed by atoms with van der Waals surface area (Å²) in [6.45, 7) is 4.17. The molecule has 0 radical (unpaired) electrons. The number of ether oxygens (including phenoxy) is 1. The quantitative estimate of drug-likeness (QED) is 0.672. The number of rotatable bonds is 5. The number of benzene rings is 1. The van der Waals surface area contributed by atoms with Gasteiger partial charge in [0, 0.05) is 18.7 Å². The second kappa shape index (κ2) is 6.12. The Morgan fingerprint density at radius 1 is 1.43 bits per heavy atom. The summed E-state index contributed by atoms with van der Waals surface area (Å²) < 4.78 is 19.0. The molecule has 0 spiro atoms. The fourth-order valence-corrected chi connectivity index (χ4v) is 1.71. The van der Waals surface area contributed by atoms with Crippen LogP contribution in [0.2, 0.25) is 0 Å². The second-order valence-corrected chi connectivity index (χ2v) is 4.12. The summed E-state index contributed by atoms with van der Waals surface area (Å²) in [5.74, 6) is -0.360. The van der Waals surface area contributed by atoms with Gasteiger partial charge in [0.05, 0.1) is 4.92 Å². The van der Waals surface area contributed by atoms with Crippen molar-refractivity contribution < 1.29 is 14.1 Å². The zero-order valence-electron chi connectivity index (χ0n) is 11.5. The maximum Gasteiger partial charge on any atom is 0.314 e. The van der Waals surface area contributed by atoms with Crippen LogP contribution in [0.15, 0.2) is 24.3 Å². The molecule has 0 aliphatic carbocycles. The number of nitrogens with one attached hydrogen (secondary N) is 1. The van der Waals surface area contributed by atoms with Crippen molar-refractivity contribution in [1.29, 1.82) is 0 Å². The van der Waals surface area contributed by atoms with Crippen LogP contribution in [0.1, 0.15) is 12.7 Å². The van der Waals surface area contributed by atoms with Crippen molar-refractivity contribution in [2.75, 3.05) is 11.9 Å². The molecule has 1 aromatic heterocycles. The van der Waals surface area contributed by atoms with Gasteiger partial charge in [-0.3, -0.25) is 10.1 Å². The van der Waals surface area contributed by atoms with Crippen LogP contribution in [-0.4, -0.2) is 21.4 Å². The Balaban J connectivity index is 2.40. The summed E-state index contributed by atoms with van der Waals surface area (Å²) in [7, 11) is 0. The molecule has 1 N–H and O–H groups in total. The third-order valence-corrected chi connectivity index (χ3v) is 2.52. The van der Waals surface area contributed by atoms with Crippen molar-refractivity contribution in [1.82, 2.24) is 9.97 Å². The van der Waals surface area contributed by atoms with E-state index in [1.54, 1.807) is 6.92 Å². The zero-order valence-corrected chi connectivity index (χ0v) is 11.5. The summed E-state index contributed by atoms with van der Waals surface area (Å²) in [4.78, 5) is 18.3. The predicted octanol–water partition coefficient (Wildman–Crippen LogP) is 3.06. The van der Waals surface area contributed by atoms with Crippen LogP contribution < -0.4 is 10.1 Å². The lowest BCUT2D eigenvalue weighted by molar-refractivity contribution is -0.385. The number of nitro groups is 1. The number of nitro benzene ring substituents is 1. The molecule has 0 unspecified atom stereocenters. The number of aromatic nitrogens is 2. The van der Waals surface area contributed by atoms with Gasteiger partial charge >= 0.3 is 5.69 Å². The smallest absolute Gasteiger partial charge is 0.314 e. The van der Waals surface area contributed by atoms with Gasteiger partial charge in [0.2, 0.25) is 11.6 Å². The SMILES string of the molecule is CCNc1cc(Oc2c(F)cccc2[N+](=O)[O-])nc(C)n1. The minimum atomic E-state index is -0.828. The second-order valence-electron chi connectivity index (χ2n) is 4.12. The largest absolute Gasteiger partial charge is 0.428 e. The molecule has 2 rings (SSSR count). The summed E-state index contributed by atoms with van der Waals surface area (Å²) in [6, 6.07) is 4.95. The lowest BCUT2D eigenvalue weighted by Crippen LogP contribution is -2.03. The molecular weight excluding hydrogens is 279 g/mol. The Hall–Kier alpha value is -2.77. The fraction of sp³-hybridized carbons (Fsp3) is 0.231. The molecule has 0 saturated heterocycles. The first-order chi connectivity index (χ1) is 10.0. The molecule has 0 aliphatic heterocycles. The number of anilines is 1. The topological polar surface area (TPSA) is 90.2 Å². The Labute approximate surface area is 120 Å². The van der Waals surface area contributed by atoms with Crippen molar-refractivity contribution in [2.24, 2.45) is 0 Å². The molecule has 110 valence electrons. The molecule has 7 nitrogen and oxygen atoms in total. The van der Waals surface area contributed by atoms with Gasteiger partial charge in [0.1, 0.15) is 11.6 Å². The third-order valence-electron chi connectivity index (χ3n) is 2.52. The van der Waals surface area contributed by atoms with E-state index in [4.69, 9.17) is 4.74 Å². The molecule has 21 heavy (non-hydrogen) atoms. The maximum absolute atomic E-state index is 13.8. The number of nitrogens with zero attached hydrogens (tertiary/aromatic N) is 3. The Kier molecular flexibility index (Phi) is 4.27. The van der Waals surface area contributed by atoms with Crippen LogP contribution in [-0.2, 0) is 0 Å². The van der Waals surface area contributed by atoms with Gasteiger partial charge < -0.3 is 10.1 Å². The van der Waals surface area contributed by atoms with Gasteiger partial charge in [-0.25, -0.2) is 9.37 Å². The number of para-hydroxylation sites is 1. The number of hydrogen-bond donors (Lipinski definition) is 1. The van der Waals surface area contributed by atoms with Crippen LogP contribution in [0, 0.1) is 22.9 Å². The van der Waals surface area contributed by atoms with E-state index in [-0.39, 0.29) is 5.88 Å². The summed E-state index contributed by atoms with van der Waals surface area (Å²) in [6.07, 6.45) is 0. The molecule has 0 saturated carbocycles. The Morgan fingerprint density at radius 2 is 2.19 bits per heavy atom. The minimum Gasteiger partial charge on any atom is -0.428 e. The van der Waals surface area contributed by atoms with Crippen LogP contribution in [0.3, 0.4) is 0 Å². The minimum absolute atomic E-state index is 0.0339.